The van der Waals surface area contributed by atoms with Crippen molar-refractivity contribution in [2.45, 2.75) is 26.0 Å². The van der Waals surface area contributed by atoms with E-state index in [-0.39, 0.29) is 17.7 Å². The number of nitrogens with zero attached hydrogens (tertiary/aromatic N) is 2. The highest BCUT2D eigenvalue weighted by molar-refractivity contribution is 7.20. The van der Waals surface area contributed by atoms with Crippen LogP contribution in [0.2, 0.25) is 0 Å². The molecule has 1 aliphatic rings. The Hall–Kier alpha value is -1.97. The lowest BCUT2D eigenvalue weighted by Gasteiger charge is -2.17. The average molecular weight is 365 g/mol. The molecule has 0 spiro atoms. The Labute approximate surface area is 149 Å². The Bertz CT molecular complexity index is 765. The summed E-state index contributed by atoms with van der Waals surface area (Å²) in [6.45, 7) is 5.17. The summed E-state index contributed by atoms with van der Waals surface area (Å²) < 4.78 is 1.75. The third-order valence-corrected chi connectivity index (χ3v) is 5.70. The second-order valence-electron chi connectivity index (χ2n) is 6.46. The molecule has 1 fully saturated rings. The number of aliphatic hydroxyl groups is 1. The minimum Gasteiger partial charge on any atom is -0.391 e. The standard InChI is InChI=1S/C16H23N5O3S/c1-8-11-4-13(25-16(11)21(3)20-8)15(24)19-9(2)14(23)18-6-10-5-17-7-12(10)22/h4,9-10,12,17,22H,5-7H2,1-3H3,(H,18,23)(H,19,24). The van der Waals surface area contributed by atoms with Gasteiger partial charge in [-0.3, -0.25) is 14.3 Å². The summed E-state index contributed by atoms with van der Waals surface area (Å²) in [5.74, 6) is -0.526. The maximum absolute atomic E-state index is 12.4. The van der Waals surface area contributed by atoms with E-state index in [4.69, 9.17) is 0 Å². The molecule has 9 heteroatoms. The zero-order valence-corrected chi connectivity index (χ0v) is 15.3. The monoisotopic (exact) mass is 365 g/mol. The molecule has 0 saturated carbocycles. The molecule has 8 nitrogen and oxygen atoms in total. The van der Waals surface area contributed by atoms with E-state index in [0.29, 0.717) is 24.5 Å². The van der Waals surface area contributed by atoms with E-state index in [2.05, 4.69) is 21.0 Å². The number of amides is 2. The topological polar surface area (TPSA) is 108 Å². The van der Waals surface area contributed by atoms with E-state index in [1.807, 2.05) is 20.0 Å². The molecule has 2 aromatic heterocycles. The first-order chi connectivity index (χ1) is 11.9. The molecule has 0 aliphatic carbocycles. The quantitative estimate of drug-likeness (QED) is 0.585. The normalized spacial score (nSPS) is 21.4. The van der Waals surface area contributed by atoms with Gasteiger partial charge in [-0.05, 0) is 19.9 Å². The van der Waals surface area contributed by atoms with Crippen molar-refractivity contribution in [1.29, 1.82) is 0 Å². The molecular formula is C16H23N5O3S. The summed E-state index contributed by atoms with van der Waals surface area (Å²) in [4.78, 5) is 26.1. The van der Waals surface area contributed by atoms with Crippen molar-refractivity contribution in [2.24, 2.45) is 13.0 Å². The molecule has 3 heterocycles. The van der Waals surface area contributed by atoms with Crippen LogP contribution in [0.25, 0.3) is 10.2 Å². The van der Waals surface area contributed by atoms with Crippen LogP contribution >= 0.6 is 11.3 Å². The lowest BCUT2D eigenvalue weighted by Crippen LogP contribution is -2.46. The molecule has 3 rings (SSSR count). The van der Waals surface area contributed by atoms with E-state index in [1.165, 1.54) is 11.3 Å². The fraction of sp³-hybridized carbons (Fsp3) is 0.562. The van der Waals surface area contributed by atoms with E-state index < -0.39 is 12.1 Å². The molecule has 4 N–H and O–H groups in total. The molecule has 0 bridgehead atoms. The maximum atomic E-state index is 12.4. The van der Waals surface area contributed by atoms with Crippen LogP contribution in [0.5, 0.6) is 0 Å². The number of hydrogen-bond acceptors (Lipinski definition) is 6. The molecule has 3 atom stereocenters. The smallest absolute Gasteiger partial charge is 0.262 e. The highest BCUT2D eigenvalue weighted by Crippen LogP contribution is 2.27. The number of rotatable bonds is 5. The van der Waals surface area contributed by atoms with Crippen LogP contribution < -0.4 is 16.0 Å². The fourth-order valence-corrected chi connectivity index (χ4v) is 3.99. The first kappa shape index (κ1) is 17.8. The van der Waals surface area contributed by atoms with Gasteiger partial charge in [-0.1, -0.05) is 0 Å². The maximum Gasteiger partial charge on any atom is 0.262 e. The summed E-state index contributed by atoms with van der Waals surface area (Å²) >= 11 is 1.36. The summed E-state index contributed by atoms with van der Waals surface area (Å²) in [6.07, 6.45) is -0.444. The van der Waals surface area contributed by atoms with Gasteiger partial charge in [-0.2, -0.15) is 5.10 Å². The lowest BCUT2D eigenvalue weighted by atomic mass is 10.1. The van der Waals surface area contributed by atoms with E-state index in [0.717, 1.165) is 15.9 Å². The number of carbonyl (C=O) groups excluding carboxylic acids is 2. The number of aromatic nitrogens is 2. The molecular weight excluding hydrogens is 342 g/mol. The number of nitrogens with one attached hydrogen (secondary N) is 3. The van der Waals surface area contributed by atoms with Gasteiger partial charge in [0, 0.05) is 38.0 Å². The minimum atomic E-state index is -0.650. The molecule has 0 radical (unpaired) electrons. The highest BCUT2D eigenvalue weighted by atomic mass is 32.1. The Morgan fingerprint density at radius 3 is 2.92 bits per heavy atom. The van der Waals surface area contributed by atoms with Gasteiger partial charge in [0.05, 0.1) is 16.7 Å². The van der Waals surface area contributed by atoms with Gasteiger partial charge in [0.25, 0.3) is 5.91 Å². The van der Waals surface area contributed by atoms with Crippen molar-refractivity contribution < 1.29 is 14.7 Å². The molecule has 2 amide bonds. The molecule has 136 valence electrons. The van der Waals surface area contributed by atoms with Crippen LogP contribution in [0, 0.1) is 12.8 Å². The first-order valence-electron chi connectivity index (χ1n) is 8.27. The number of thiophene rings is 1. The first-order valence-corrected chi connectivity index (χ1v) is 9.09. The van der Waals surface area contributed by atoms with E-state index >= 15 is 0 Å². The number of aryl methyl sites for hydroxylation is 2. The highest BCUT2D eigenvalue weighted by Gasteiger charge is 2.26. The number of aliphatic hydroxyl groups excluding tert-OH is 1. The predicted molar refractivity (Wildman–Crippen MR) is 95.6 cm³/mol. The van der Waals surface area contributed by atoms with Gasteiger partial charge in [0.15, 0.2) is 0 Å². The van der Waals surface area contributed by atoms with Gasteiger partial charge in [0.1, 0.15) is 10.9 Å². The largest absolute Gasteiger partial charge is 0.391 e. The zero-order valence-electron chi connectivity index (χ0n) is 14.5. The van der Waals surface area contributed by atoms with Crippen molar-refractivity contribution in [2.75, 3.05) is 19.6 Å². The third-order valence-electron chi connectivity index (χ3n) is 4.50. The van der Waals surface area contributed by atoms with E-state index in [1.54, 1.807) is 11.6 Å². The SMILES string of the molecule is Cc1nn(C)c2sc(C(=O)NC(C)C(=O)NCC3CNCC3O)cc12. The summed E-state index contributed by atoms with van der Waals surface area (Å²) in [5, 5.41) is 23.6. The third kappa shape index (κ3) is 3.68. The van der Waals surface area contributed by atoms with Crippen LogP contribution in [0.3, 0.4) is 0 Å². The van der Waals surface area contributed by atoms with Crippen molar-refractivity contribution >= 4 is 33.4 Å². The van der Waals surface area contributed by atoms with Crippen LogP contribution in [0.15, 0.2) is 6.07 Å². The summed E-state index contributed by atoms with van der Waals surface area (Å²) in [7, 11) is 1.84. The second kappa shape index (κ2) is 7.11. The lowest BCUT2D eigenvalue weighted by molar-refractivity contribution is -0.122. The van der Waals surface area contributed by atoms with Gasteiger partial charge >= 0.3 is 0 Å². The van der Waals surface area contributed by atoms with Crippen LogP contribution in [0.1, 0.15) is 22.3 Å². The summed E-state index contributed by atoms with van der Waals surface area (Å²) in [6, 6.07) is 1.16. The van der Waals surface area contributed by atoms with Gasteiger partial charge < -0.3 is 21.1 Å². The zero-order chi connectivity index (χ0) is 18.1. The molecule has 0 aromatic carbocycles. The molecule has 1 saturated heterocycles. The van der Waals surface area contributed by atoms with Crippen LogP contribution in [0.4, 0.5) is 0 Å². The Balaban J connectivity index is 1.57. The number of hydrogen-bond donors (Lipinski definition) is 4. The minimum absolute atomic E-state index is 0.00456. The van der Waals surface area contributed by atoms with Crippen molar-refractivity contribution in [3.63, 3.8) is 0 Å². The average Bonchev–Trinajstić information content (AvgIpc) is 3.24. The van der Waals surface area contributed by atoms with Gasteiger partial charge in [-0.15, -0.1) is 11.3 Å². The Kier molecular flexibility index (Phi) is 5.07. The molecule has 25 heavy (non-hydrogen) atoms. The Morgan fingerprint density at radius 1 is 1.52 bits per heavy atom. The summed E-state index contributed by atoms with van der Waals surface area (Å²) in [5.41, 5.74) is 0.877. The molecule has 2 aromatic rings. The van der Waals surface area contributed by atoms with Gasteiger partial charge in [-0.25, -0.2) is 0 Å². The van der Waals surface area contributed by atoms with Crippen molar-refractivity contribution in [1.82, 2.24) is 25.7 Å². The Morgan fingerprint density at radius 2 is 2.28 bits per heavy atom. The van der Waals surface area contributed by atoms with Crippen molar-refractivity contribution in [3.05, 3.63) is 16.6 Å². The number of fused-ring (bicyclic) bond motifs is 1. The van der Waals surface area contributed by atoms with E-state index in [9.17, 15) is 14.7 Å². The predicted octanol–water partition coefficient (Wildman–Crippen LogP) is -0.242. The van der Waals surface area contributed by atoms with Crippen LogP contribution in [-0.2, 0) is 11.8 Å². The van der Waals surface area contributed by atoms with Crippen molar-refractivity contribution in [3.8, 4) is 0 Å². The molecule has 3 unspecified atom stereocenters. The van der Waals surface area contributed by atoms with Crippen LogP contribution in [-0.4, -0.2) is 58.5 Å². The molecule has 1 aliphatic heterocycles. The number of carbonyl (C=O) groups is 2. The fourth-order valence-electron chi connectivity index (χ4n) is 2.96. The van der Waals surface area contributed by atoms with Gasteiger partial charge in [0.2, 0.25) is 5.91 Å². The number of β-amino-alcohol motifs (C(OH)–C–C–N with tert-alkyl or cyclic N) is 1. The second-order valence-corrected chi connectivity index (χ2v) is 7.50.